The number of hydrogen-bond acceptors (Lipinski definition) is 2. The summed E-state index contributed by atoms with van der Waals surface area (Å²) < 4.78 is 5.38. The van der Waals surface area contributed by atoms with Gasteiger partial charge in [-0.2, -0.15) is 0 Å². The summed E-state index contributed by atoms with van der Waals surface area (Å²) in [6, 6.07) is 0. The Balaban J connectivity index is 2.58. The van der Waals surface area contributed by atoms with Gasteiger partial charge in [-0.3, -0.25) is 4.99 Å². The van der Waals surface area contributed by atoms with E-state index < -0.39 is 0 Å². The topological polar surface area (TPSA) is 21.6 Å². The highest BCUT2D eigenvalue weighted by Gasteiger charge is 2.20. The molecule has 0 N–H and O–H groups in total. The Bertz CT molecular complexity index is 129. The standard InChI is InChI=1S/C7H13NO/c1-6-4-8-7(2,3)9-5-6/h4,6H,5H2,1-3H3. The van der Waals surface area contributed by atoms with Gasteiger partial charge < -0.3 is 4.74 Å². The maximum Gasteiger partial charge on any atom is 0.153 e. The molecule has 0 aromatic rings. The minimum atomic E-state index is -0.271. The van der Waals surface area contributed by atoms with Crippen LogP contribution in [0.3, 0.4) is 0 Å². The molecule has 1 rings (SSSR count). The zero-order valence-electron chi connectivity index (χ0n) is 6.22. The predicted octanol–water partition coefficient (Wildman–Crippen LogP) is 1.46. The molecule has 0 spiro atoms. The molecule has 1 atom stereocenters. The first-order chi connectivity index (χ1) is 4.10. The van der Waals surface area contributed by atoms with Crippen LogP contribution in [0, 0.1) is 5.92 Å². The van der Waals surface area contributed by atoms with Crippen molar-refractivity contribution in [2.45, 2.75) is 26.5 Å². The molecular formula is C7H13NO. The van der Waals surface area contributed by atoms with E-state index >= 15 is 0 Å². The summed E-state index contributed by atoms with van der Waals surface area (Å²) >= 11 is 0. The Labute approximate surface area is 55.9 Å². The van der Waals surface area contributed by atoms with Gasteiger partial charge in [0.25, 0.3) is 0 Å². The van der Waals surface area contributed by atoms with E-state index in [2.05, 4.69) is 11.9 Å². The molecule has 2 nitrogen and oxygen atoms in total. The van der Waals surface area contributed by atoms with E-state index in [0.717, 1.165) is 6.61 Å². The van der Waals surface area contributed by atoms with Crippen molar-refractivity contribution in [1.29, 1.82) is 0 Å². The molecule has 0 bridgehead atoms. The van der Waals surface area contributed by atoms with E-state index in [9.17, 15) is 0 Å². The van der Waals surface area contributed by atoms with Gasteiger partial charge >= 0.3 is 0 Å². The van der Waals surface area contributed by atoms with E-state index in [-0.39, 0.29) is 5.72 Å². The van der Waals surface area contributed by atoms with Gasteiger partial charge in [0, 0.05) is 12.1 Å². The van der Waals surface area contributed by atoms with Crippen molar-refractivity contribution in [2.75, 3.05) is 6.61 Å². The maximum absolute atomic E-state index is 5.38. The van der Waals surface area contributed by atoms with Crippen LogP contribution < -0.4 is 0 Å². The zero-order valence-corrected chi connectivity index (χ0v) is 6.22. The van der Waals surface area contributed by atoms with E-state index in [1.165, 1.54) is 0 Å². The van der Waals surface area contributed by atoms with Crippen LogP contribution in [0.4, 0.5) is 0 Å². The lowest BCUT2D eigenvalue weighted by Crippen LogP contribution is -2.30. The summed E-state index contributed by atoms with van der Waals surface area (Å²) in [5.41, 5.74) is -0.271. The van der Waals surface area contributed by atoms with Crippen molar-refractivity contribution >= 4 is 6.21 Å². The molecule has 0 aromatic carbocycles. The van der Waals surface area contributed by atoms with Crippen LogP contribution in [0.15, 0.2) is 4.99 Å². The first-order valence-corrected chi connectivity index (χ1v) is 3.29. The fourth-order valence-corrected chi connectivity index (χ4v) is 0.722. The third kappa shape index (κ3) is 1.79. The lowest BCUT2D eigenvalue weighted by Gasteiger charge is -2.26. The zero-order chi connectivity index (χ0) is 6.91. The summed E-state index contributed by atoms with van der Waals surface area (Å²) in [5, 5.41) is 0. The lowest BCUT2D eigenvalue weighted by molar-refractivity contribution is -0.0268. The SMILES string of the molecule is CC1C=NC(C)(C)OC1. The van der Waals surface area contributed by atoms with Crippen molar-refractivity contribution in [2.24, 2.45) is 10.9 Å². The number of ether oxygens (including phenoxy) is 1. The molecule has 0 saturated heterocycles. The second-order valence-corrected chi connectivity index (χ2v) is 3.01. The quantitative estimate of drug-likeness (QED) is 0.482. The Hall–Kier alpha value is -0.370. The highest BCUT2D eigenvalue weighted by Crippen LogP contribution is 2.16. The van der Waals surface area contributed by atoms with E-state index in [1.807, 2.05) is 20.1 Å². The molecule has 0 saturated carbocycles. The van der Waals surface area contributed by atoms with Gasteiger partial charge in [-0.15, -0.1) is 0 Å². The highest BCUT2D eigenvalue weighted by atomic mass is 16.5. The third-order valence-electron chi connectivity index (χ3n) is 1.34. The van der Waals surface area contributed by atoms with Gasteiger partial charge in [0.1, 0.15) is 0 Å². The highest BCUT2D eigenvalue weighted by molar-refractivity contribution is 5.61. The minimum Gasteiger partial charge on any atom is -0.354 e. The molecule has 0 amide bonds. The van der Waals surface area contributed by atoms with Crippen molar-refractivity contribution in [3.8, 4) is 0 Å². The van der Waals surface area contributed by atoms with Gasteiger partial charge in [-0.05, 0) is 13.8 Å². The van der Waals surface area contributed by atoms with Crippen LogP contribution in [-0.2, 0) is 4.74 Å². The molecule has 1 heterocycles. The molecule has 1 aliphatic heterocycles. The summed E-state index contributed by atoms with van der Waals surface area (Å²) in [4.78, 5) is 4.20. The average molecular weight is 127 g/mol. The lowest BCUT2D eigenvalue weighted by atomic mass is 10.2. The van der Waals surface area contributed by atoms with Gasteiger partial charge in [0.15, 0.2) is 5.72 Å². The van der Waals surface area contributed by atoms with Crippen LogP contribution >= 0.6 is 0 Å². The largest absolute Gasteiger partial charge is 0.354 e. The Kier molecular flexibility index (Phi) is 1.58. The summed E-state index contributed by atoms with van der Waals surface area (Å²) in [7, 11) is 0. The number of aliphatic imine (C=N–C) groups is 1. The minimum absolute atomic E-state index is 0.271. The van der Waals surface area contributed by atoms with Crippen molar-refractivity contribution in [1.82, 2.24) is 0 Å². The molecule has 1 unspecified atom stereocenters. The molecule has 0 fully saturated rings. The van der Waals surface area contributed by atoms with E-state index in [1.54, 1.807) is 0 Å². The van der Waals surface area contributed by atoms with Crippen molar-refractivity contribution < 1.29 is 4.74 Å². The van der Waals surface area contributed by atoms with Crippen LogP contribution in [0.5, 0.6) is 0 Å². The van der Waals surface area contributed by atoms with Crippen LogP contribution in [-0.4, -0.2) is 18.5 Å². The van der Waals surface area contributed by atoms with Gasteiger partial charge in [-0.25, -0.2) is 0 Å². The number of rotatable bonds is 0. The maximum atomic E-state index is 5.38. The van der Waals surface area contributed by atoms with E-state index in [0.29, 0.717) is 5.92 Å². The Morgan fingerprint density at radius 3 is 2.67 bits per heavy atom. The normalized spacial score (nSPS) is 32.6. The van der Waals surface area contributed by atoms with E-state index in [4.69, 9.17) is 4.74 Å². The van der Waals surface area contributed by atoms with Crippen LogP contribution in [0.25, 0.3) is 0 Å². The summed E-state index contributed by atoms with van der Waals surface area (Å²) in [5.74, 6) is 0.484. The van der Waals surface area contributed by atoms with Crippen molar-refractivity contribution in [3.63, 3.8) is 0 Å². The fourth-order valence-electron chi connectivity index (χ4n) is 0.722. The molecular weight excluding hydrogens is 114 g/mol. The molecule has 9 heavy (non-hydrogen) atoms. The first-order valence-electron chi connectivity index (χ1n) is 3.29. The molecule has 2 heteroatoms. The van der Waals surface area contributed by atoms with Gasteiger partial charge in [-0.1, -0.05) is 6.92 Å². The fraction of sp³-hybridized carbons (Fsp3) is 0.857. The molecule has 0 radical (unpaired) electrons. The van der Waals surface area contributed by atoms with Crippen LogP contribution in [0.2, 0.25) is 0 Å². The average Bonchev–Trinajstić information content (AvgIpc) is 1.78. The summed E-state index contributed by atoms with van der Waals surface area (Å²) in [6.07, 6.45) is 1.96. The van der Waals surface area contributed by atoms with Gasteiger partial charge in [0.05, 0.1) is 6.61 Å². The monoisotopic (exact) mass is 127 g/mol. The first kappa shape index (κ1) is 6.75. The third-order valence-corrected chi connectivity index (χ3v) is 1.34. The van der Waals surface area contributed by atoms with Crippen molar-refractivity contribution in [3.05, 3.63) is 0 Å². The Morgan fingerprint density at radius 2 is 2.33 bits per heavy atom. The van der Waals surface area contributed by atoms with Gasteiger partial charge in [0.2, 0.25) is 0 Å². The van der Waals surface area contributed by atoms with Crippen LogP contribution in [0.1, 0.15) is 20.8 Å². The molecule has 1 aliphatic rings. The molecule has 52 valence electrons. The Morgan fingerprint density at radius 1 is 1.67 bits per heavy atom. The number of nitrogens with zero attached hydrogens (tertiary/aromatic N) is 1. The number of hydrogen-bond donors (Lipinski definition) is 0. The second kappa shape index (κ2) is 2.10. The molecule has 0 aromatic heterocycles. The predicted molar refractivity (Wildman–Crippen MR) is 37.7 cm³/mol. The smallest absolute Gasteiger partial charge is 0.153 e. The molecule has 0 aliphatic carbocycles. The second-order valence-electron chi connectivity index (χ2n) is 3.01. The summed E-state index contributed by atoms with van der Waals surface area (Å²) in [6.45, 7) is 6.83.